The van der Waals surface area contributed by atoms with Crippen LogP contribution < -0.4 is 10.2 Å². The molecule has 1 saturated heterocycles. The van der Waals surface area contributed by atoms with Crippen LogP contribution in [0.25, 0.3) is 5.82 Å². The van der Waals surface area contributed by atoms with Gasteiger partial charge in [0.15, 0.2) is 5.82 Å². The average Bonchev–Trinajstić information content (AvgIpc) is 3.06. The molecule has 1 aliphatic rings. The second-order valence-electron chi connectivity index (χ2n) is 6.99. The van der Waals surface area contributed by atoms with Crippen LogP contribution in [0.5, 0.6) is 0 Å². The average molecular weight is 395 g/mol. The largest absolute Gasteiger partial charge is 0.353 e. The number of piperazine rings is 1. The van der Waals surface area contributed by atoms with E-state index in [9.17, 15) is 9.18 Å². The highest BCUT2D eigenvalue weighted by Crippen LogP contribution is 2.18. The van der Waals surface area contributed by atoms with Gasteiger partial charge in [-0.3, -0.25) is 0 Å². The number of carbonyl (C=O) groups excluding carboxylic acids is 1. The van der Waals surface area contributed by atoms with Crippen molar-refractivity contribution in [2.24, 2.45) is 0 Å². The third kappa shape index (κ3) is 4.18. The van der Waals surface area contributed by atoms with E-state index in [-0.39, 0.29) is 11.8 Å². The lowest BCUT2D eigenvalue weighted by Gasteiger charge is -2.35. The van der Waals surface area contributed by atoms with Crippen molar-refractivity contribution in [1.29, 1.82) is 0 Å². The molecule has 1 aromatic carbocycles. The summed E-state index contributed by atoms with van der Waals surface area (Å²) in [6, 6.07) is 9.55. The number of nitrogens with one attached hydrogen (secondary N) is 1. The molecular formula is C20H22FN7O. The van der Waals surface area contributed by atoms with Crippen LogP contribution in [0.15, 0.2) is 42.7 Å². The minimum Gasteiger partial charge on any atom is -0.353 e. The Labute approximate surface area is 168 Å². The lowest BCUT2D eigenvalue weighted by molar-refractivity contribution is 0.208. The number of urea groups is 1. The molecule has 0 unspecified atom stereocenters. The summed E-state index contributed by atoms with van der Waals surface area (Å²) in [6.45, 7) is 6.30. The van der Waals surface area contributed by atoms with E-state index in [2.05, 4.69) is 25.3 Å². The van der Waals surface area contributed by atoms with E-state index in [1.807, 2.05) is 26.0 Å². The quantitative estimate of drug-likeness (QED) is 0.738. The van der Waals surface area contributed by atoms with Gasteiger partial charge in [0, 0.05) is 43.6 Å². The third-order valence-electron chi connectivity index (χ3n) is 4.83. The van der Waals surface area contributed by atoms with Gasteiger partial charge in [0.1, 0.15) is 18.0 Å². The molecule has 29 heavy (non-hydrogen) atoms. The highest BCUT2D eigenvalue weighted by Gasteiger charge is 2.22. The Hall–Kier alpha value is -3.49. The first kappa shape index (κ1) is 18.9. The summed E-state index contributed by atoms with van der Waals surface area (Å²) in [5.41, 5.74) is 2.38. The van der Waals surface area contributed by atoms with E-state index in [0.717, 1.165) is 17.2 Å². The highest BCUT2D eigenvalue weighted by molar-refractivity contribution is 5.89. The number of halogens is 1. The molecule has 0 atom stereocenters. The lowest BCUT2D eigenvalue weighted by Crippen LogP contribution is -2.50. The van der Waals surface area contributed by atoms with Crippen molar-refractivity contribution in [3.63, 3.8) is 0 Å². The number of aryl methyl sites for hydroxylation is 2. The summed E-state index contributed by atoms with van der Waals surface area (Å²) < 4.78 is 15.1. The standard InChI is InChI=1S/C20H22FN7O/c1-14-10-15(2)28(25-14)19-12-18(22-13-23-19)26-6-8-27(9-7-26)20(29)24-17-5-3-4-16(21)11-17/h3-5,10-13H,6-9H2,1-2H3,(H,24,29). The van der Waals surface area contributed by atoms with E-state index in [1.165, 1.54) is 18.5 Å². The van der Waals surface area contributed by atoms with Crippen molar-refractivity contribution in [3.8, 4) is 5.82 Å². The molecule has 0 bridgehead atoms. The summed E-state index contributed by atoms with van der Waals surface area (Å²) in [5.74, 6) is 1.13. The van der Waals surface area contributed by atoms with E-state index in [0.29, 0.717) is 37.7 Å². The molecule has 4 rings (SSSR count). The molecule has 2 amide bonds. The van der Waals surface area contributed by atoms with Gasteiger partial charge in [-0.25, -0.2) is 23.8 Å². The molecule has 150 valence electrons. The minimum absolute atomic E-state index is 0.235. The number of carbonyl (C=O) groups is 1. The van der Waals surface area contributed by atoms with E-state index < -0.39 is 0 Å². The fraction of sp³-hybridized carbons (Fsp3) is 0.300. The molecule has 0 aliphatic carbocycles. The number of aromatic nitrogens is 4. The Morgan fingerprint density at radius 2 is 1.79 bits per heavy atom. The molecule has 1 fully saturated rings. The van der Waals surface area contributed by atoms with Crippen molar-refractivity contribution >= 4 is 17.5 Å². The van der Waals surface area contributed by atoms with Crippen molar-refractivity contribution in [2.75, 3.05) is 36.4 Å². The Kier molecular flexibility index (Phi) is 5.11. The van der Waals surface area contributed by atoms with Gasteiger partial charge < -0.3 is 15.1 Å². The first-order chi connectivity index (χ1) is 14.0. The smallest absolute Gasteiger partial charge is 0.321 e. The van der Waals surface area contributed by atoms with Gasteiger partial charge in [-0.05, 0) is 38.1 Å². The van der Waals surface area contributed by atoms with Crippen LogP contribution in [0.4, 0.5) is 20.7 Å². The van der Waals surface area contributed by atoms with Gasteiger partial charge in [-0.2, -0.15) is 5.10 Å². The van der Waals surface area contributed by atoms with Crippen LogP contribution in [-0.2, 0) is 0 Å². The van der Waals surface area contributed by atoms with Gasteiger partial charge in [-0.1, -0.05) is 6.07 Å². The third-order valence-corrected chi connectivity index (χ3v) is 4.83. The SMILES string of the molecule is Cc1cc(C)n(-c2cc(N3CCN(C(=O)Nc4cccc(F)c4)CC3)ncn2)n1. The zero-order chi connectivity index (χ0) is 20.4. The molecule has 8 nitrogen and oxygen atoms in total. The second kappa shape index (κ2) is 7.86. The number of anilines is 2. The van der Waals surface area contributed by atoms with Crippen LogP contribution in [0, 0.1) is 19.7 Å². The van der Waals surface area contributed by atoms with Crippen LogP contribution in [-0.4, -0.2) is 56.9 Å². The van der Waals surface area contributed by atoms with Gasteiger partial charge in [0.05, 0.1) is 5.69 Å². The number of amides is 2. The van der Waals surface area contributed by atoms with Crippen molar-refractivity contribution in [2.45, 2.75) is 13.8 Å². The fourth-order valence-electron chi connectivity index (χ4n) is 3.39. The van der Waals surface area contributed by atoms with Crippen LogP contribution in [0.3, 0.4) is 0 Å². The summed E-state index contributed by atoms with van der Waals surface area (Å²) in [7, 11) is 0. The maximum Gasteiger partial charge on any atom is 0.321 e. The van der Waals surface area contributed by atoms with Crippen LogP contribution in [0.2, 0.25) is 0 Å². The van der Waals surface area contributed by atoms with Gasteiger partial charge in [0.2, 0.25) is 0 Å². The van der Waals surface area contributed by atoms with E-state index in [4.69, 9.17) is 0 Å². The first-order valence-corrected chi connectivity index (χ1v) is 9.42. The molecule has 0 spiro atoms. The predicted molar refractivity (Wildman–Crippen MR) is 108 cm³/mol. The van der Waals surface area contributed by atoms with Crippen molar-refractivity contribution in [1.82, 2.24) is 24.6 Å². The normalized spacial score (nSPS) is 14.2. The van der Waals surface area contributed by atoms with Gasteiger partial charge >= 0.3 is 6.03 Å². The summed E-state index contributed by atoms with van der Waals surface area (Å²) in [6.07, 6.45) is 1.53. The van der Waals surface area contributed by atoms with Crippen molar-refractivity contribution < 1.29 is 9.18 Å². The first-order valence-electron chi connectivity index (χ1n) is 9.42. The predicted octanol–water partition coefficient (Wildman–Crippen LogP) is 2.77. The molecule has 2 aromatic heterocycles. The molecule has 3 heterocycles. The molecule has 0 saturated carbocycles. The molecular weight excluding hydrogens is 373 g/mol. The van der Waals surface area contributed by atoms with Gasteiger partial charge in [0.25, 0.3) is 0 Å². The lowest BCUT2D eigenvalue weighted by atomic mass is 10.3. The molecule has 1 aliphatic heterocycles. The maximum atomic E-state index is 13.3. The minimum atomic E-state index is -0.380. The highest BCUT2D eigenvalue weighted by atomic mass is 19.1. The van der Waals surface area contributed by atoms with Crippen LogP contribution >= 0.6 is 0 Å². The number of benzene rings is 1. The molecule has 9 heteroatoms. The number of hydrogen-bond acceptors (Lipinski definition) is 5. The molecule has 0 radical (unpaired) electrons. The Morgan fingerprint density at radius 3 is 2.48 bits per heavy atom. The zero-order valence-electron chi connectivity index (χ0n) is 16.3. The Morgan fingerprint density at radius 1 is 1.03 bits per heavy atom. The molecule has 1 N–H and O–H groups in total. The molecule has 3 aromatic rings. The Bertz CT molecular complexity index is 1030. The summed E-state index contributed by atoms with van der Waals surface area (Å²) in [4.78, 5) is 25.0. The van der Waals surface area contributed by atoms with Gasteiger partial charge in [-0.15, -0.1) is 0 Å². The summed E-state index contributed by atoms with van der Waals surface area (Å²) >= 11 is 0. The Balaban J connectivity index is 1.40. The topological polar surface area (TPSA) is 79.2 Å². The van der Waals surface area contributed by atoms with Crippen LogP contribution in [0.1, 0.15) is 11.4 Å². The number of nitrogens with zero attached hydrogens (tertiary/aromatic N) is 6. The van der Waals surface area contributed by atoms with E-state index in [1.54, 1.807) is 21.7 Å². The van der Waals surface area contributed by atoms with Crippen molar-refractivity contribution in [3.05, 3.63) is 59.9 Å². The summed E-state index contributed by atoms with van der Waals surface area (Å²) in [5, 5.41) is 7.21. The number of rotatable bonds is 3. The fourth-order valence-corrected chi connectivity index (χ4v) is 3.39. The monoisotopic (exact) mass is 395 g/mol. The zero-order valence-corrected chi connectivity index (χ0v) is 16.3. The maximum absolute atomic E-state index is 13.3. The van der Waals surface area contributed by atoms with E-state index >= 15 is 0 Å². The number of hydrogen-bond donors (Lipinski definition) is 1. The second-order valence-corrected chi connectivity index (χ2v) is 6.99.